The Balaban J connectivity index is 2.91. The van der Waals surface area contributed by atoms with Gasteiger partial charge in [0.15, 0.2) is 0 Å². The predicted molar refractivity (Wildman–Crippen MR) is 61.5 cm³/mol. The first-order valence-electron chi connectivity index (χ1n) is 3.69. The van der Waals surface area contributed by atoms with Crippen molar-refractivity contribution in [2.75, 3.05) is 0 Å². The summed E-state index contributed by atoms with van der Waals surface area (Å²) in [6.07, 6.45) is 0. The lowest BCUT2D eigenvalue weighted by Crippen LogP contribution is -1.96. The minimum Gasteiger partial charge on any atom is -0.478 e. The van der Waals surface area contributed by atoms with Gasteiger partial charge < -0.3 is 5.11 Å². The fourth-order valence-electron chi connectivity index (χ4n) is 1.23. The number of aromatic carboxylic acids is 1. The number of carboxylic acids is 1. The third kappa shape index (κ3) is 1.43. The number of thiophene rings is 1. The standard InChI is InChI=1S/C9H4BrClO2S/c10-7-4-1-2-14-8(4)5(9(12)13)3-6(7)11/h1-3H,(H,12,13). The largest absolute Gasteiger partial charge is 0.478 e. The van der Waals surface area contributed by atoms with Gasteiger partial charge in [-0.15, -0.1) is 11.3 Å². The fourth-order valence-corrected chi connectivity index (χ4v) is 2.93. The van der Waals surface area contributed by atoms with Gasteiger partial charge in [-0.1, -0.05) is 11.6 Å². The van der Waals surface area contributed by atoms with E-state index in [1.807, 2.05) is 11.4 Å². The van der Waals surface area contributed by atoms with Gasteiger partial charge in [0.2, 0.25) is 0 Å². The summed E-state index contributed by atoms with van der Waals surface area (Å²) in [5.41, 5.74) is 0.253. The maximum atomic E-state index is 10.9. The van der Waals surface area contributed by atoms with E-state index in [4.69, 9.17) is 16.7 Å². The molecular formula is C9H4BrClO2S. The Morgan fingerprint density at radius 3 is 2.93 bits per heavy atom. The topological polar surface area (TPSA) is 37.3 Å². The molecular weight excluding hydrogens is 288 g/mol. The zero-order valence-electron chi connectivity index (χ0n) is 6.75. The minimum absolute atomic E-state index is 0.253. The highest BCUT2D eigenvalue weighted by molar-refractivity contribution is 9.10. The van der Waals surface area contributed by atoms with Gasteiger partial charge in [0.05, 0.1) is 10.6 Å². The van der Waals surface area contributed by atoms with E-state index in [2.05, 4.69) is 15.9 Å². The van der Waals surface area contributed by atoms with Crippen LogP contribution in [0.4, 0.5) is 0 Å². The Labute approximate surface area is 97.2 Å². The molecule has 0 saturated heterocycles. The van der Waals surface area contributed by atoms with Crippen LogP contribution in [-0.2, 0) is 0 Å². The Morgan fingerprint density at radius 1 is 1.57 bits per heavy atom. The summed E-state index contributed by atoms with van der Waals surface area (Å²) in [6, 6.07) is 3.31. The maximum absolute atomic E-state index is 10.9. The van der Waals surface area contributed by atoms with Crippen molar-refractivity contribution >= 4 is 54.9 Å². The number of hydrogen-bond donors (Lipinski definition) is 1. The van der Waals surface area contributed by atoms with Crippen LogP contribution in [0.5, 0.6) is 0 Å². The van der Waals surface area contributed by atoms with Crippen LogP contribution >= 0.6 is 38.9 Å². The van der Waals surface area contributed by atoms with Crippen molar-refractivity contribution in [2.45, 2.75) is 0 Å². The quantitative estimate of drug-likeness (QED) is 0.862. The molecule has 0 radical (unpaired) electrons. The van der Waals surface area contributed by atoms with E-state index in [1.165, 1.54) is 17.4 Å². The Morgan fingerprint density at radius 2 is 2.29 bits per heavy atom. The summed E-state index contributed by atoms with van der Waals surface area (Å²) in [6.45, 7) is 0. The zero-order chi connectivity index (χ0) is 10.3. The second-order valence-corrected chi connectivity index (χ2v) is 4.80. The van der Waals surface area contributed by atoms with Crippen LogP contribution in [-0.4, -0.2) is 11.1 Å². The van der Waals surface area contributed by atoms with Crippen LogP contribution in [0.1, 0.15) is 10.4 Å². The summed E-state index contributed by atoms with van der Waals surface area (Å²) in [5.74, 6) is -0.952. The highest BCUT2D eigenvalue weighted by Crippen LogP contribution is 2.36. The van der Waals surface area contributed by atoms with Crippen molar-refractivity contribution < 1.29 is 9.90 Å². The molecule has 2 nitrogen and oxygen atoms in total. The van der Waals surface area contributed by atoms with E-state index in [0.29, 0.717) is 5.02 Å². The Bertz CT molecular complexity index is 521. The van der Waals surface area contributed by atoms with E-state index in [-0.39, 0.29) is 5.56 Å². The van der Waals surface area contributed by atoms with Crippen molar-refractivity contribution in [1.29, 1.82) is 0 Å². The third-order valence-electron chi connectivity index (χ3n) is 1.86. The van der Waals surface area contributed by atoms with Crippen LogP contribution in [0.3, 0.4) is 0 Å². The molecule has 0 aliphatic heterocycles. The molecule has 0 amide bonds. The number of rotatable bonds is 1. The van der Waals surface area contributed by atoms with Gasteiger partial charge in [-0.25, -0.2) is 4.79 Å². The average Bonchev–Trinajstić information content (AvgIpc) is 2.59. The lowest BCUT2D eigenvalue weighted by molar-refractivity contribution is 0.0699. The van der Waals surface area contributed by atoms with Crippen molar-refractivity contribution in [1.82, 2.24) is 0 Å². The molecule has 1 aromatic carbocycles. The summed E-state index contributed by atoms with van der Waals surface area (Å²) in [7, 11) is 0. The fraction of sp³-hybridized carbons (Fsp3) is 0. The van der Waals surface area contributed by atoms with E-state index in [1.54, 1.807) is 0 Å². The number of halogens is 2. The van der Waals surface area contributed by atoms with Crippen molar-refractivity contribution in [3.8, 4) is 0 Å². The number of carboxylic acid groups (broad SMARTS) is 1. The Hall–Kier alpha value is -0.580. The Kier molecular flexibility index (Phi) is 2.51. The van der Waals surface area contributed by atoms with Gasteiger partial charge in [-0.05, 0) is 33.4 Å². The van der Waals surface area contributed by atoms with E-state index >= 15 is 0 Å². The number of hydrogen-bond acceptors (Lipinski definition) is 2. The molecule has 2 rings (SSSR count). The monoisotopic (exact) mass is 290 g/mol. The smallest absolute Gasteiger partial charge is 0.337 e. The molecule has 0 atom stereocenters. The first-order chi connectivity index (χ1) is 6.61. The van der Waals surface area contributed by atoms with Crippen LogP contribution in [0, 0.1) is 0 Å². The van der Waals surface area contributed by atoms with Crippen LogP contribution < -0.4 is 0 Å². The van der Waals surface area contributed by atoms with E-state index < -0.39 is 5.97 Å². The zero-order valence-corrected chi connectivity index (χ0v) is 9.91. The van der Waals surface area contributed by atoms with E-state index in [0.717, 1.165) is 14.6 Å². The van der Waals surface area contributed by atoms with Gasteiger partial charge in [0, 0.05) is 14.6 Å². The number of benzene rings is 1. The van der Waals surface area contributed by atoms with Crippen molar-refractivity contribution in [3.63, 3.8) is 0 Å². The summed E-state index contributed by atoms with van der Waals surface area (Å²) < 4.78 is 1.49. The highest BCUT2D eigenvalue weighted by Gasteiger charge is 2.14. The van der Waals surface area contributed by atoms with Crippen molar-refractivity contribution in [2.24, 2.45) is 0 Å². The van der Waals surface area contributed by atoms with Crippen molar-refractivity contribution in [3.05, 3.63) is 32.6 Å². The van der Waals surface area contributed by atoms with Gasteiger partial charge in [0.25, 0.3) is 0 Å². The molecule has 0 saturated carbocycles. The molecule has 1 aromatic heterocycles. The van der Waals surface area contributed by atoms with Crippen LogP contribution in [0.15, 0.2) is 22.0 Å². The molecule has 0 bridgehead atoms. The van der Waals surface area contributed by atoms with Gasteiger partial charge in [-0.3, -0.25) is 0 Å². The third-order valence-corrected chi connectivity index (χ3v) is 4.19. The molecule has 5 heteroatoms. The molecule has 1 N–H and O–H groups in total. The molecule has 0 spiro atoms. The first-order valence-corrected chi connectivity index (χ1v) is 5.75. The number of carbonyl (C=O) groups is 1. The lowest BCUT2D eigenvalue weighted by atomic mass is 10.2. The highest BCUT2D eigenvalue weighted by atomic mass is 79.9. The SMILES string of the molecule is O=C(O)c1cc(Cl)c(Br)c2ccsc12. The molecule has 2 aromatic rings. The predicted octanol–water partition coefficient (Wildman–Crippen LogP) is 4.02. The van der Waals surface area contributed by atoms with E-state index in [9.17, 15) is 4.79 Å². The summed E-state index contributed by atoms with van der Waals surface area (Å²) >= 11 is 10.6. The summed E-state index contributed by atoms with van der Waals surface area (Å²) in [4.78, 5) is 10.9. The summed E-state index contributed by atoms with van der Waals surface area (Å²) in [5, 5.41) is 12.1. The van der Waals surface area contributed by atoms with Gasteiger partial charge in [0.1, 0.15) is 0 Å². The van der Waals surface area contributed by atoms with Gasteiger partial charge >= 0.3 is 5.97 Å². The first kappa shape index (κ1) is 9.96. The molecule has 0 aliphatic rings. The minimum atomic E-state index is -0.952. The normalized spacial score (nSPS) is 10.7. The second-order valence-electron chi connectivity index (χ2n) is 2.69. The maximum Gasteiger partial charge on any atom is 0.337 e. The van der Waals surface area contributed by atoms with Crippen LogP contribution in [0.2, 0.25) is 5.02 Å². The molecule has 0 unspecified atom stereocenters. The average molecular weight is 292 g/mol. The molecule has 14 heavy (non-hydrogen) atoms. The lowest BCUT2D eigenvalue weighted by Gasteiger charge is -2.01. The molecule has 1 heterocycles. The molecule has 0 fully saturated rings. The number of fused-ring (bicyclic) bond motifs is 1. The molecule has 0 aliphatic carbocycles. The second kappa shape index (κ2) is 3.53. The van der Waals surface area contributed by atoms with Crippen LogP contribution in [0.25, 0.3) is 10.1 Å². The van der Waals surface area contributed by atoms with Gasteiger partial charge in [-0.2, -0.15) is 0 Å². The molecule has 72 valence electrons.